The van der Waals surface area contributed by atoms with E-state index in [0.29, 0.717) is 0 Å². The molecular formula is C12H17N3O4. The number of carbonyl (C=O) groups is 2. The second-order valence-corrected chi connectivity index (χ2v) is 4.02. The fourth-order valence-corrected chi connectivity index (χ4v) is 1.52. The topological polar surface area (TPSA) is 112 Å². The standard InChI is InChI=1S/C12H17N3O4/c1-8(9-2-5-13-6-3-9)14-12(19)15-10(4-7-16)11(17)18/h2-3,5-6,8,10,16H,4,7H2,1H3,(H,17,18)(H2,14,15,19). The van der Waals surface area contributed by atoms with Gasteiger partial charge in [-0.05, 0) is 24.6 Å². The van der Waals surface area contributed by atoms with Crippen molar-refractivity contribution in [2.45, 2.75) is 25.4 Å². The summed E-state index contributed by atoms with van der Waals surface area (Å²) in [6, 6.07) is 1.55. The van der Waals surface area contributed by atoms with Crippen molar-refractivity contribution in [1.29, 1.82) is 0 Å². The number of aliphatic carboxylic acids is 1. The van der Waals surface area contributed by atoms with E-state index in [2.05, 4.69) is 15.6 Å². The molecule has 0 saturated carbocycles. The first-order chi connectivity index (χ1) is 9.04. The van der Waals surface area contributed by atoms with Crippen LogP contribution in [0.25, 0.3) is 0 Å². The molecule has 0 aliphatic rings. The molecule has 1 rings (SSSR count). The van der Waals surface area contributed by atoms with Gasteiger partial charge in [-0.3, -0.25) is 4.98 Å². The number of carboxylic acid groups (broad SMARTS) is 1. The first kappa shape index (κ1) is 14.9. The fraction of sp³-hybridized carbons (Fsp3) is 0.417. The summed E-state index contributed by atoms with van der Waals surface area (Å²) in [5.74, 6) is -1.18. The van der Waals surface area contributed by atoms with Crippen LogP contribution in [0.4, 0.5) is 4.79 Å². The second-order valence-electron chi connectivity index (χ2n) is 4.02. The Balaban J connectivity index is 2.52. The SMILES string of the molecule is CC(NC(=O)NC(CCO)C(=O)O)c1ccncc1. The number of nitrogens with one attached hydrogen (secondary N) is 2. The Hall–Kier alpha value is -2.15. The molecule has 7 heteroatoms. The van der Waals surface area contributed by atoms with Crippen molar-refractivity contribution in [3.8, 4) is 0 Å². The van der Waals surface area contributed by atoms with E-state index in [1.165, 1.54) is 0 Å². The molecule has 2 unspecified atom stereocenters. The van der Waals surface area contributed by atoms with E-state index in [1.807, 2.05) is 0 Å². The van der Waals surface area contributed by atoms with Crippen molar-refractivity contribution in [3.63, 3.8) is 0 Å². The van der Waals surface area contributed by atoms with Crippen LogP contribution in [-0.2, 0) is 4.79 Å². The highest BCUT2D eigenvalue weighted by Crippen LogP contribution is 2.09. The van der Waals surface area contributed by atoms with Crippen LogP contribution in [0.15, 0.2) is 24.5 Å². The lowest BCUT2D eigenvalue weighted by atomic mass is 10.1. The van der Waals surface area contributed by atoms with Gasteiger partial charge in [0.2, 0.25) is 0 Å². The van der Waals surface area contributed by atoms with Crippen molar-refractivity contribution in [1.82, 2.24) is 15.6 Å². The van der Waals surface area contributed by atoms with E-state index in [0.717, 1.165) is 5.56 Å². The Bertz CT molecular complexity index is 424. The minimum absolute atomic E-state index is 0.0353. The maximum absolute atomic E-state index is 11.6. The molecular weight excluding hydrogens is 250 g/mol. The molecule has 0 bridgehead atoms. The lowest BCUT2D eigenvalue weighted by molar-refractivity contribution is -0.139. The van der Waals surface area contributed by atoms with Gasteiger partial charge in [-0.1, -0.05) is 0 Å². The van der Waals surface area contributed by atoms with Gasteiger partial charge in [0, 0.05) is 25.4 Å². The summed E-state index contributed by atoms with van der Waals surface area (Å²) in [4.78, 5) is 26.3. The normalized spacial score (nSPS) is 13.4. The molecule has 1 heterocycles. The number of rotatable bonds is 6. The molecule has 4 N–H and O–H groups in total. The summed E-state index contributed by atoms with van der Waals surface area (Å²) < 4.78 is 0. The number of pyridine rings is 1. The highest BCUT2D eigenvalue weighted by atomic mass is 16.4. The molecule has 2 amide bonds. The number of aliphatic hydroxyl groups excluding tert-OH is 1. The molecule has 0 aromatic carbocycles. The van der Waals surface area contributed by atoms with Crippen molar-refractivity contribution >= 4 is 12.0 Å². The van der Waals surface area contributed by atoms with Gasteiger partial charge < -0.3 is 20.8 Å². The number of carboxylic acids is 1. The number of urea groups is 1. The predicted molar refractivity (Wildman–Crippen MR) is 67.4 cm³/mol. The molecule has 1 aromatic heterocycles. The molecule has 0 aliphatic heterocycles. The molecule has 104 valence electrons. The zero-order chi connectivity index (χ0) is 14.3. The van der Waals surface area contributed by atoms with Crippen molar-refractivity contribution < 1.29 is 19.8 Å². The molecule has 0 fully saturated rings. The number of aromatic nitrogens is 1. The molecule has 2 atom stereocenters. The Kier molecular flexibility index (Phi) is 5.74. The van der Waals surface area contributed by atoms with E-state index >= 15 is 0 Å². The average Bonchev–Trinajstić information content (AvgIpc) is 2.39. The molecule has 0 radical (unpaired) electrons. The van der Waals surface area contributed by atoms with E-state index < -0.39 is 18.0 Å². The highest BCUT2D eigenvalue weighted by Gasteiger charge is 2.20. The van der Waals surface area contributed by atoms with Crippen molar-refractivity contribution in [3.05, 3.63) is 30.1 Å². The summed E-state index contributed by atoms with van der Waals surface area (Å²) in [6.45, 7) is 1.47. The molecule has 0 spiro atoms. The number of amides is 2. The summed E-state index contributed by atoms with van der Waals surface area (Å²) in [7, 11) is 0. The van der Waals surface area contributed by atoms with E-state index in [1.54, 1.807) is 31.5 Å². The Morgan fingerprint density at radius 3 is 2.47 bits per heavy atom. The van der Waals surface area contributed by atoms with E-state index in [4.69, 9.17) is 10.2 Å². The number of carbonyl (C=O) groups excluding carboxylic acids is 1. The zero-order valence-electron chi connectivity index (χ0n) is 10.5. The summed E-state index contributed by atoms with van der Waals surface area (Å²) in [6.07, 6.45) is 3.18. The molecule has 0 saturated heterocycles. The maximum Gasteiger partial charge on any atom is 0.326 e. The van der Waals surface area contributed by atoms with Crippen LogP contribution in [0.3, 0.4) is 0 Å². The first-order valence-electron chi connectivity index (χ1n) is 5.85. The summed E-state index contributed by atoms with van der Waals surface area (Å²) in [5, 5.41) is 22.5. The van der Waals surface area contributed by atoms with Crippen LogP contribution in [-0.4, -0.2) is 39.8 Å². The van der Waals surface area contributed by atoms with Gasteiger partial charge in [0.05, 0.1) is 6.04 Å². The van der Waals surface area contributed by atoms with Crippen LogP contribution in [0.1, 0.15) is 24.9 Å². The van der Waals surface area contributed by atoms with Gasteiger partial charge >= 0.3 is 12.0 Å². The van der Waals surface area contributed by atoms with Crippen LogP contribution < -0.4 is 10.6 Å². The molecule has 0 aliphatic carbocycles. The minimum Gasteiger partial charge on any atom is -0.480 e. The van der Waals surface area contributed by atoms with Gasteiger partial charge in [-0.2, -0.15) is 0 Å². The van der Waals surface area contributed by atoms with Crippen molar-refractivity contribution in [2.24, 2.45) is 0 Å². The molecule has 19 heavy (non-hydrogen) atoms. The lowest BCUT2D eigenvalue weighted by Gasteiger charge is -2.18. The van der Waals surface area contributed by atoms with Gasteiger partial charge in [0.15, 0.2) is 0 Å². The lowest BCUT2D eigenvalue weighted by Crippen LogP contribution is -2.47. The second kappa shape index (κ2) is 7.32. The molecule has 1 aromatic rings. The van der Waals surface area contributed by atoms with Crippen LogP contribution in [0.2, 0.25) is 0 Å². The van der Waals surface area contributed by atoms with Crippen molar-refractivity contribution in [2.75, 3.05) is 6.61 Å². The van der Waals surface area contributed by atoms with Gasteiger partial charge in [-0.25, -0.2) is 9.59 Å². The van der Waals surface area contributed by atoms with E-state index in [-0.39, 0.29) is 19.1 Å². The van der Waals surface area contributed by atoms with Crippen LogP contribution in [0, 0.1) is 0 Å². The minimum atomic E-state index is -1.18. The quantitative estimate of drug-likeness (QED) is 0.591. The zero-order valence-corrected chi connectivity index (χ0v) is 10.5. The number of hydrogen-bond donors (Lipinski definition) is 4. The Morgan fingerprint density at radius 2 is 1.95 bits per heavy atom. The number of aliphatic hydroxyl groups is 1. The van der Waals surface area contributed by atoms with Gasteiger partial charge in [0.25, 0.3) is 0 Å². The van der Waals surface area contributed by atoms with Crippen LogP contribution in [0.5, 0.6) is 0 Å². The summed E-state index contributed by atoms with van der Waals surface area (Å²) in [5.41, 5.74) is 0.860. The first-order valence-corrected chi connectivity index (χ1v) is 5.85. The van der Waals surface area contributed by atoms with Gasteiger partial charge in [-0.15, -0.1) is 0 Å². The van der Waals surface area contributed by atoms with E-state index in [9.17, 15) is 9.59 Å². The monoisotopic (exact) mass is 267 g/mol. The third-order valence-electron chi connectivity index (χ3n) is 2.57. The smallest absolute Gasteiger partial charge is 0.326 e. The highest BCUT2D eigenvalue weighted by molar-refractivity contribution is 5.82. The Morgan fingerprint density at radius 1 is 1.32 bits per heavy atom. The Labute approximate surface area is 110 Å². The number of nitrogens with zero attached hydrogens (tertiary/aromatic N) is 1. The summed E-state index contributed by atoms with van der Waals surface area (Å²) >= 11 is 0. The molecule has 7 nitrogen and oxygen atoms in total. The largest absolute Gasteiger partial charge is 0.480 e. The number of hydrogen-bond acceptors (Lipinski definition) is 4. The van der Waals surface area contributed by atoms with Crippen LogP contribution >= 0.6 is 0 Å². The average molecular weight is 267 g/mol. The fourth-order valence-electron chi connectivity index (χ4n) is 1.52. The predicted octanol–water partition coefficient (Wildman–Crippen LogP) is 0.277. The third-order valence-corrected chi connectivity index (χ3v) is 2.57. The third kappa shape index (κ3) is 4.92. The maximum atomic E-state index is 11.6. The van der Waals surface area contributed by atoms with Gasteiger partial charge in [0.1, 0.15) is 6.04 Å².